The first-order chi connectivity index (χ1) is 10.2. The summed E-state index contributed by atoms with van der Waals surface area (Å²) < 4.78 is 11.6. The van der Waals surface area contributed by atoms with Gasteiger partial charge in [0.1, 0.15) is 0 Å². The smallest absolute Gasteiger partial charge is 0.222 e. The summed E-state index contributed by atoms with van der Waals surface area (Å²) in [5.74, 6) is 2.06. The Bertz CT molecular complexity index is 585. The van der Waals surface area contributed by atoms with Crippen LogP contribution in [-0.2, 0) is 6.54 Å². The number of nitrogens with one attached hydrogen (secondary N) is 1. The molecule has 0 radical (unpaired) electrons. The Morgan fingerprint density at radius 1 is 1.19 bits per heavy atom. The van der Waals surface area contributed by atoms with E-state index in [-0.39, 0.29) is 0 Å². The van der Waals surface area contributed by atoms with Gasteiger partial charge in [-0.2, -0.15) is 0 Å². The molecule has 2 rings (SSSR count). The summed E-state index contributed by atoms with van der Waals surface area (Å²) in [5.41, 5.74) is 2.14. The lowest BCUT2D eigenvalue weighted by atomic mass is 10.2. The molecular weight excluding hydrogens is 264 g/mol. The van der Waals surface area contributed by atoms with E-state index in [0.717, 1.165) is 29.8 Å². The molecule has 112 valence electrons. The molecule has 0 bridgehead atoms. The van der Waals surface area contributed by atoms with Gasteiger partial charge >= 0.3 is 0 Å². The maximum Gasteiger partial charge on any atom is 0.222 e. The summed E-state index contributed by atoms with van der Waals surface area (Å²) in [6.45, 7) is 5.55. The van der Waals surface area contributed by atoms with Gasteiger partial charge in [-0.25, -0.2) is 4.98 Å². The zero-order valence-electron chi connectivity index (χ0n) is 12.8. The molecule has 0 spiro atoms. The van der Waals surface area contributed by atoms with E-state index >= 15 is 0 Å². The highest BCUT2D eigenvalue weighted by Gasteiger charge is 2.09. The van der Waals surface area contributed by atoms with Gasteiger partial charge in [0.2, 0.25) is 5.88 Å². The summed E-state index contributed by atoms with van der Waals surface area (Å²) in [7, 11) is 1.92. The highest BCUT2D eigenvalue weighted by molar-refractivity contribution is 5.43. The quantitative estimate of drug-likeness (QED) is 0.843. The summed E-state index contributed by atoms with van der Waals surface area (Å²) in [6, 6.07) is 9.75. The van der Waals surface area contributed by atoms with Crippen LogP contribution in [-0.4, -0.2) is 18.6 Å². The van der Waals surface area contributed by atoms with Gasteiger partial charge in [0.25, 0.3) is 0 Å². The fourth-order valence-corrected chi connectivity index (χ4v) is 2.00. The Labute approximate surface area is 126 Å². The monoisotopic (exact) mass is 286 g/mol. The number of benzene rings is 1. The molecule has 21 heavy (non-hydrogen) atoms. The van der Waals surface area contributed by atoms with Crippen LogP contribution in [0.3, 0.4) is 0 Å². The molecule has 0 saturated heterocycles. The first-order valence-corrected chi connectivity index (χ1v) is 7.24. The lowest BCUT2D eigenvalue weighted by Gasteiger charge is -2.13. The van der Waals surface area contributed by atoms with E-state index in [1.807, 2.05) is 44.4 Å². The molecule has 0 fully saturated rings. The lowest BCUT2D eigenvalue weighted by Crippen LogP contribution is -2.06. The number of aromatic nitrogens is 1. The standard InChI is InChI=1S/C17H22N2O2/c1-4-9-20-15-7-5-6-8-16(15)21-17-13(2)10-14(11-18-3)12-19-17/h5-8,10,12,18H,4,9,11H2,1-3H3. The van der Waals surface area contributed by atoms with Crippen LogP contribution in [0.2, 0.25) is 0 Å². The van der Waals surface area contributed by atoms with Crippen molar-refractivity contribution in [3.05, 3.63) is 47.7 Å². The Kier molecular flexibility index (Phi) is 5.58. The molecule has 1 N–H and O–H groups in total. The number of nitrogens with zero attached hydrogens (tertiary/aromatic N) is 1. The average molecular weight is 286 g/mol. The van der Waals surface area contributed by atoms with E-state index in [1.54, 1.807) is 0 Å². The van der Waals surface area contributed by atoms with Gasteiger partial charge in [0.05, 0.1) is 6.61 Å². The molecule has 0 saturated carbocycles. The van der Waals surface area contributed by atoms with Crippen LogP contribution < -0.4 is 14.8 Å². The van der Waals surface area contributed by atoms with Crippen molar-refractivity contribution >= 4 is 0 Å². The SMILES string of the molecule is CCCOc1ccccc1Oc1ncc(CNC)cc1C. The number of hydrogen-bond donors (Lipinski definition) is 1. The van der Waals surface area contributed by atoms with Gasteiger partial charge in [-0.1, -0.05) is 19.1 Å². The normalized spacial score (nSPS) is 10.4. The van der Waals surface area contributed by atoms with Crippen LogP contribution in [0.4, 0.5) is 0 Å². The van der Waals surface area contributed by atoms with Crippen molar-refractivity contribution in [2.75, 3.05) is 13.7 Å². The Hall–Kier alpha value is -2.07. The van der Waals surface area contributed by atoms with Crippen LogP contribution >= 0.6 is 0 Å². The van der Waals surface area contributed by atoms with E-state index in [9.17, 15) is 0 Å². The van der Waals surface area contributed by atoms with Crippen LogP contribution in [0.25, 0.3) is 0 Å². The predicted molar refractivity (Wildman–Crippen MR) is 84.0 cm³/mol. The second-order valence-corrected chi connectivity index (χ2v) is 4.89. The van der Waals surface area contributed by atoms with Crippen molar-refractivity contribution in [1.82, 2.24) is 10.3 Å². The van der Waals surface area contributed by atoms with Gasteiger partial charge in [0.15, 0.2) is 11.5 Å². The molecule has 0 aliphatic rings. The molecule has 4 nitrogen and oxygen atoms in total. The molecule has 0 unspecified atom stereocenters. The third kappa shape index (κ3) is 4.20. The molecule has 1 aromatic heterocycles. The Morgan fingerprint density at radius 2 is 1.95 bits per heavy atom. The van der Waals surface area contributed by atoms with Crippen LogP contribution in [0.1, 0.15) is 24.5 Å². The Balaban J connectivity index is 2.18. The molecular formula is C17H22N2O2. The van der Waals surface area contributed by atoms with Gasteiger partial charge in [-0.3, -0.25) is 0 Å². The van der Waals surface area contributed by atoms with Crippen molar-refractivity contribution in [2.24, 2.45) is 0 Å². The highest BCUT2D eigenvalue weighted by Crippen LogP contribution is 2.31. The van der Waals surface area contributed by atoms with E-state index < -0.39 is 0 Å². The van der Waals surface area contributed by atoms with Crippen molar-refractivity contribution < 1.29 is 9.47 Å². The third-order valence-electron chi connectivity index (χ3n) is 2.99. The first-order valence-electron chi connectivity index (χ1n) is 7.24. The highest BCUT2D eigenvalue weighted by atomic mass is 16.5. The van der Waals surface area contributed by atoms with Crippen LogP contribution in [0.15, 0.2) is 36.5 Å². The van der Waals surface area contributed by atoms with Crippen molar-refractivity contribution in [3.63, 3.8) is 0 Å². The molecule has 1 aromatic carbocycles. The van der Waals surface area contributed by atoms with Gasteiger partial charge in [-0.15, -0.1) is 0 Å². The molecule has 2 aromatic rings. The first kappa shape index (κ1) is 15.3. The van der Waals surface area contributed by atoms with E-state index in [4.69, 9.17) is 9.47 Å². The molecule has 0 aliphatic carbocycles. The second-order valence-electron chi connectivity index (χ2n) is 4.89. The number of pyridine rings is 1. The van der Waals surface area contributed by atoms with Crippen LogP contribution in [0, 0.1) is 6.92 Å². The molecule has 0 amide bonds. The summed E-state index contributed by atoms with van der Waals surface area (Å²) >= 11 is 0. The third-order valence-corrected chi connectivity index (χ3v) is 2.99. The summed E-state index contributed by atoms with van der Waals surface area (Å²) in [6.07, 6.45) is 2.79. The predicted octanol–water partition coefficient (Wildman–Crippen LogP) is 3.69. The minimum Gasteiger partial charge on any atom is -0.490 e. The van der Waals surface area contributed by atoms with Crippen molar-refractivity contribution in [3.8, 4) is 17.4 Å². The lowest BCUT2D eigenvalue weighted by molar-refractivity contribution is 0.300. The van der Waals surface area contributed by atoms with E-state index in [0.29, 0.717) is 18.2 Å². The maximum absolute atomic E-state index is 5.91. The van der Waals surface area contributed by atoms with Gasteiger partial charge in [0, 0.05) is 18.3 Å². The van der Waals surface area contributed by atoms with Gasteiger partial charge in [-0.05, 0) is 44.2 Å². The average Bonchev–Trinajstić information content (AvgIpc) is 2.49. The number of hydrogen-bond acceptors (Lipinski definition) is 4. The molecule has 0 atom stereocenters. The largest absolute Gasteiger partial charge is 0.490 e. The maximum atomic E-state index is 5.91. The number of ether oxygens (including phenoxy) is 2. The van der Waals surface area contributed by atoms with Crippen molar-refractivity contribution in [2.45, 2.75) is 26.8 Å². The van der Waals surface area contributed by atoms with E-state index in [1.165, 1.54) is 0 Å². The Morgan fingerprint density at radius 3 is 2.62 bits per heavy atom. The minimum atomic E-state index is 0.613. The second kappa shape index (κ2) is 7.64. The van der Waals surface area contributed by atoms with Crippen LogP contribution in [0.5, 0.6) is 17.4 Å². The number of para-hydroxylation sites is 2. The number of rotatable bonds is 7. The molecule has 1 heterocycles. The minimum absolute atomic E-state index is 0.613. The summed E-state index contributed by atoms with van der Waals surface area (Å²) in [5, 5.41) is 3.11. The van der Waals surface area contributed by atoms with E-state index in [2.05, 4.69) is 23.3 Å². The zero-order valence-corrected chi connectivity index (χ0v) is 12.8. The fraction of sp³-hybridized carbons (Fsp3) is 0.353. The zero-order chi connectivity index (χ0) is 15.1. The molecule has 0 aliphatic heterocycles. The summed E-state index contributed by atoms with van der Waals surface area (Å²) in [4.78, 5) is 4.40. The fourth-order valence-electron chi connectivity index (χ4n) is 2.00. The van der Waals surface area contributed by atoms with Gasteiger partial charge < -0.3 is 14.8 Å². The molecule has 4 heteroatoms. The number of aryl methyl sites for hydroxylation is 1. The topological polar surface area (TPSA) is 43.4 Å². The van der Waals surface area contributed by atoms with Crippen molar-refractivity contribution in [1.29, 1.82) is 0 Å².